The van der Waals surface area contributed by atoms with E-state index in [1.54, 1.807) is 11.0 Å². The standard InChI is InChI=1S/C19H20F2N2O2/c1-19(2)9-11-23(14-7-4-3-6-13(14)19)18(24)17-15(8-5-10-22-17)25-12-16(20)21/h3-8,10,16H,9,11-12H2,1-2H3. The van der Waals surface area contributed by atoms with Crippen molar-refractivity contribution >= 4 is 11.6 Å². The maximum atomic E-state index is 13.0. The van der Waals surface area contributed by atoms with Crippen LogP contribution in [0.15, 0.2) is 42.6 Å². The van der Waals surface area contributed by atoms with E-state index in [2.05, 4.69) is 18.8 Å². The van der Waals surface area contributed by atoms with E-state index in [9.17, 15) is 13.6 Å². The summed E-state index contributed by atoms with van der Waals surface area (Å²) in [6, 6.07) is 10.8. The van der Waals surface area contributed by atoms with Gasteiger partial charge in [-0.2, -0.15) is 0 Å². The number of carbonyl (C=O) groups is 1. The summed E-state index contributed by atoms with van der Waals surface area (Å²) in [6.45, 7) is 4.06. The van der Waals surface area contributed by atoms with Crippen molar-refractivity contribution in [3.8, 4) is 5.75 Å². The number of carbonyl (C=O) groups excluding carboxylic acids is 1. The summed E-state index contributed by atoms with van der Waals surface area (Å²) in [4.78, 5) is 18.8. The Balaban J connectivity index is 1.95. The molecule has 0 atom stereocenters. The Bertz CT molecular complexity index is 778. The van der Waals surface area contributed by atoms with E-state index in [4.69, 9.17) is 4.74 Å². The number of pyridine rings is 1. The molecule has 0 bridgehead atoms. The summed E-state index contributed by atoms with van der Waals surface area (Å²) in [5, 5.41) is 0. The molecule has 1 aliphatic heterocycles. The minimum absolute atomic E-state index is 0.0352. The van der Waals surface area contributed by atoms with E-state index in [1.165, 1.54) is 12.3 Å². The van der Waals surface area contributed by atoms with E-state index in [0.717, 1.165) is 17.7 Å². The number of anilines is 1. The van der Waals surface area contributed by atoms with Gasteiger partial charge in [0.15, 0.2) is 11.4 Å². The molecule has 1 amide bonds. The SMILES string of the molecule is CC1(C)CCN(C(=O)c2ncccc2OCC(F)F)c2ccccc21. The Hall–Kier alpha value is -2.50. The monoisotopic (exact) mass is 346 g/mol. The lowest BCUT2D eigenvalue weighted by Gasteiger charge is -2.39. The van der Waals surface area contributed by atoms with Crippen molar-refractivity contribution in [1.29, 1.82) is 0 Å². The molecule has 2 aromatic rings. The van der Waals surface area contributed by atoms with Gasteiger partial charge >= 0.3 is 0 Å². The van der Waals surface area contributed by atoms with Gasteiger partial charge in [0.2, 0.25) is 0 Å². The highest BCUT2D eigenvalue weighted by atomic mass is 19.3. The van der Waals surface area contributed by atoms with Gasteiger partial charge in [-0.05, 0) is 35.6 Å². The lowest BCUT2D eigenvalue weighted by atomic mass is 9.77. The Kier molecular flexibility index (Phi) is 4.70. The van der Waals surface area contributed by atoms with Gasteiger partial charge < -0.3 is 9.64 Å². The zero-order valence-electron chi connectivity index (χ0n) is 14.2. The van der Waals surface area contributed by atoms with Crippen molar-refractivity contribution in [2.75, 3.05) is 18.1 Å². The number of fused-ring (bicyclic) bond motifs is 1. The van der Waals surface area contributed by atoms with Crippen molar-refractivity contribution in [2.24, 2.45) is 0 Å². The summed E-state index contributed by atoms with van der Waals surface area (Å²) < 4.78 is 30.0. The van der Waals surface area contributed by atoms with Crippen molar-refractivity contribution < 1.29 is 18.3 Å². The number of benzene rings is 1. The number of para-hydroxylation sites is 1. The summed E-state index contributed by atoms with van der Waals surface area (Å²) in [6.07, 6.45) is -0.349. The minimum atomic E-state index is -2.61. The van der Waals surface area contributed by atoms with E-state index in [0.29, 0.717) is 6.54 Å². The van der Waals surface area contributed by atoms with Crippen LogP contribution in [-0.4, -0.2) is 30.5 Å². The van der Waals surface area contributed by atoms with E-state index >= 15 is 0 Å². The molecule has 0 unspecified atom stereocenters. The molecule has 0 spiro atoms. The molecule has 2 heterocycles. The number of rotatable bonds is 4. The number of alkyl halides is 2. The highest BCUT2D eigenvalue weighted by Gasteiger charge is 2.34. The Morgan fingerprint density at radius 2 is 2.04 bits per heavy atom. The molecule has 6 heteroatoms. The number of hydrogen-bond donors (Lipinski definition) is 0. The first-order chi connectivity index (χ1) is 11.9. The van der Waals surface area contributed by atoms with Crippen LogP contribution in [0.25, 0.3) is 0 Å². The van der Waals surface area contributed by atoms with Crippen LogP contribution < -0.4 is 9.64 Å². The Morgan fingerprint density at radius 1 is 1.28 bits per heavy atom. The number of hydrogen-bond acceptors (Lipinski definition) is 3. The van der Waals surface area contributed by atoms with E-state index in [-0.39, 0.29) is 22.8 Å². The zero-order valence-corrected chi connectivity index (χ0v) is 14.2. The number of amides is 1. The van der Waals surface area contributed by atoms with Crippen molar-refractivity contribution in [3.63, 3.8) is 0 Å². The van der Waals surface area contributed by atoms with Gasteiger partial charge in [-0.3, -0.25) is 4.79 Å². The third-order valence-corrected chi connectivity index (χ3v) is 4.47. The second-order valence-electron chi connectivity index (χ2n) is 6.66. The second-order valence-corrected chi connectivity index (χ2v) is 6.66. The Morgan fingerprint density at radius 3 is 2.80 bits per heavy atom. The van der Waals surface area contributed by atoms with Gasteiger partial charge in [0.1, 0.15) is 6.61 Å². The topological polar surface area (TPSA) is 42.4 Å². The molecule has 1 aromatic heterocycles. The fourth-order valence-corrected chi connectivity index (χ4v) is 3.09. The molecule has 25 heavy (non-hydrogen) atoms. The van der Waals surface area contributed by atoms with Crippen LogP contribution in [-0.2, 0) is 5.41 Å². The first-order valence-electron chi connectivity index (χ1n) is 8.17. The lowest BCUT2D eigenvalue weighted by Crippen LogP contribution is -2.41. The maximum absolute atomic E-state index is 13.0. The molecule has 0 fully saturated rings. The van der Waals surface area contributed by atoms with Crippen molar-refractivity contribution in [3.05, 3.63) is 53.9 Å². The van der Waals surface area contributed by atoms with Crippen LogP contribution >= 0.6 is 0 Å². The predicted molar refractivity (Wildman–Crippen MR) is 91.5 cm³/mol. The molecule has 0 saturated carbocycles. The first-order valence-corrected chi connectivity index (χ1v) is 8.17. The smallest absolute Gasteiger partial charge is 0.280 e. The molecule has 0 N–H and O–H groups in total. The molecule has 0 radical (unpaired) electrons. The maximum Gasteiger partial charge on any atom is 0.280 e. The van der Waals surface area contributed by atoms with Crippen LogP contribution in [0.3, 0.4) is 0 Å². The molecular formula is C19H20F2N2O2. The van der Waals surface area contributed by atoms with Crippen molar-refractivity contribution in [1.82, 2.24) is 4.98 Å². The fourth-order valence-electron chi connectivity index (χ4n) is 3.09. The average Bonchev–Trinajstić information content (AvgIpc) is 2.60. The third kappa shape index (κ3) is 3.48. The Labute approximate surface area is 145 Å². The predicted octanol–water partition coefficient (Wildman–Crippen LogP) is 4.05. The molecule has 4 nitrogen and oxygen atoms in total. The molecule has 1 aliphatic rings. The molecule has 132 valence electrons. The van der Waals surface area contributed by atoms with Gasteiger partial charge in [-0.1, -0.05) is 32.0 Å². The summed E-state index contributed by atoms with van der Waals surface area (Å²) >= 11 is 0. The molecule has 0 saturated heterocycles. The highest BCUT2D eigenvalue weighted by Crippen LogP contribution is 2.40. The normalized spacial score (nSPS) is 15.8. The molecular weight excluding hydrogens is 326 g/mol. The molecule has 1 aromatic carbocycles. The van der Waals surface area contributed by atoms with Crippen molar-refractivity contribution in [2.45, 2.75) is 32.1 Å². The van der Waals surface area contributed by atoms with Gasteiger partial charge in [0.05, 0.1) is 0 Å². The van der Waals surface area contributed by atoms with Gasteiger partial charge in [0, 0.05) is 18.4 Å². The zero-order chi connectivity index (χ0) is 18.0. The quantitative estimate of drug-likeness (QED) is 0.839. The van der Waals surface area contributed by atoms with Crippen LogP contribution in [0.4, 0.5) is 14.5 Å². The van der Waals surface area contributed by atoms with Crippen LogP contribution in [0.1, 0.15) is 36.3 Å². The van der Waals surface area contributed by atoms with Crippen LogP contribution in [0.5, 0.6) is 5.75 Å². The minimum Gasteiger partial charge on any atom is -0.485 e. The summed E-state index contributed by atoms with van der Waals surface area (Å²) in [7, 11) is 0. The summed E-state index contributed by atoms with van der Waals surface area (Å²) in [5.74, 6) is -0.261. The van der Waals surface area contributed by atoms with E-state index in [1.807, 2.05) is 24.3 Å². The lowest BCUT2D eigenvalue weighted by molar-refractivity contribution is 0.0795. The number of nitrogens with zero attached hydrogens (tertiary/aromatic N) is 2. The number of ether oxygens (including phenoxy) is 1. The van der Waals surface area contributed by atoms with Gasteiger partial charge in [-0.25, -0.2) is 13.8 Å². The average molecular weight is 346 g/mol. The fraction of sp³-hybridized carbons (Fsp3) is 0.368. The third-order valence-electron chi connectivity index (χ3n) is 4.47. The first kappa shape index (κ1) is 17.3. The van der Waals surface area contributed by atoms with Gasteiger partial charge in [-0.15, -0.1) is 0 Å². The highest BCUT2D eigenvalue weighted by molar-refractivity contribution is 6.07. The number of halogens is 2. The molecule has 0 aliphatic carbocycles. The second kappa shape index (κ2) is 6.78. The van der Waals surface area contributed by atoms with Crippen LogP contribution in [0, 0.1) is 0 Å². The van der Waals surface area contributed by atoms with E-state index < -0.39 is 13.0 Å². The molecule has 3 rings (SSSR count). The van der Waals surface area contributed by atoms with Gasteiger partial charge in [0.25, 0.3) is 12.3 Å². The number of aromatic nitrogens is 1. The van der Waals surface area contributed by atoms with Crippen LogP contribution in [0.2, 0.25) is 0 Å². The summed E-state index contributed by atoms with van der Waals surface area (Å²) in [5.41, 5.74) is 1.93. The largest absolute Gasteiger partial charge is 0.485 e.